The first kappa shape index (κ1) is 21.3. The van der Waals surface area contributed by atoms with Crippen LogP contribution in [-0.2, 0) is 23.1 Å². The number of aryl methyl sites for hydroxylation is 2. The van der Waals surface area contributed by atoms with Crippen LogP contribution in [0.3, 0.4) is 0 Å². The van der Waals surface area contributed by atoms with Gasteiger partial charge in [0, 0.05) is 37.4 Å². The van der Waals surface area contributed by atoms with Gasteiger partial charge in [-0.1, -0.05) is 24.9 Å². The zero-order valence-electron chi connectivity index (χ0n) is 18.8. The Labute approximate surface area is 188 Å². The highest BCUT2D eigenvalue weighted by Gasteiger charge is 2.62. The van der Waals surface area contributed by atoms with E-state index < -0.39 is 0 Å². The van der Waals surface area contributed by atoms with Gasteiger partial charge in [-0.2, -0.15) is 0 Å². The molecule has 0 radical (unpaired) electrons. The highest BCUT2D eigenvalue weighted by molar-refractivity contribution is 7.11. The van der Waals surface area contributed by atoms with Crippen molar-refractivity contribution >= 4 is 17.1 Å². The number of carbonyl (C=O) groups excluding carboxylic acids is 1. The van der Waals surface area contributed by atoms with Crippen molar-refractivity contribution in [2.24, 2.45) is 17.8 Å². The number of hydrogen-bond acceptors (Lipinski definition) is 7. The Morgan fingerprint density at radius 3 is 2.77 bits per heavy atom. The van der Waals surface area contributed by atoms with Crippen LogP contribution in [0.15, 0.2) is 10.6 Å². The average molecular weight is 443 g/mol. The zero-order valence-corrected chi connectivity index (χ0v) is 19.6. The first-order valence-electron chi connectivity index (χ1n) is 12.0. The molecule has 0 unspecified atom stereocenters. The van der Waals surface area contributed by atoms with Crippen LogP contribution >= 0.6 is 11.3 Å². The molecule has 3 fully saturated rings. The second-order valence-electron chi connectivity index (χ2n) is 10.1. The third-order valence-corrected chi connectivity index (χ3v) is 8.73. The summed E-state index contributed by atoms with van der Waals surface area (Å²) in [5.41, 5.74) is 1.49. The molecule has 3 heterocycles. The molecule has 0 amide bonds. The van der Waals surface area contributed by atoms with Crippen LogP contribution in [0, 0.1) is 24.7 Å². The number of fused-ring (bicyclic) bond motifs is 1. The Balaban J connectivity index is 1.02. The van der Waals surface area contributed by atoms with E-state index in [1.54, 1.807) is 11.3 Å². The minimum Gasteiger partial charge on any atom is -0.361 e. The van der Waals surface area contributed by atoms with Crippen LogP contribution in [0.25, 0.3) is 0 Å². The quantitative estimate of drug-likeness (QED) is 0.574. The van der Waals surface area contributed by atoms with Crippen molar-refractivity contribution in [3.63, 3.8) is 0 Å². The lowest BCUT2D eigenvalue weighted by Gasteiger charge is -2.30. The maximum atomic E-state index is 12.4. The van der Waals surface area contributed by atoms with Crippen LogP contribution in [0.2, 0.25) is 0 Å². The summed E-state index contributed by atoms with van der Waals surface area (Å²) in [5, 5.41) is 14.3. The Bertz CT molecular complexity index is 916. The summed E-state index contributed by atoms with van der Waals surface area (Å²) in [5.74, 6) is 3.52. The van der Waals surface area contributed by atoms with Crippen molar-refractivity contribution in [2.45, 2.75) is 77.0 Å². The number of Topliss-reactive ketones (excluding diaryl/α,β-unsaturated/α-hetero) is 1. The van der Waals surface area contributed by atoms with Gasteiger partial charge in [-0.25, -0.2) is 0 Å². The van der Waals surface area contributed by atoms with E-state index in [9.17, 15) is 4.79 Å². The lowest BCUT2D eigenvalue weighted by molar-refractivity contribution is -0.119. The largest absolute Gasteiger partial charge is 0.361 e. The van der Waals surface area contributed by atoms with E-state index in [1.807, 2.05) is 6.92 Å². The van der Waals surface area contributed by atoms with Crippen molar-refractivity contribution < 1.29 is 9.32 Å². The molecule has 2 saturated carbocycles. The number of hydrogen-bond donors (Lipinski definition) is 0. The molecule has 2 atom stereocenters. The Morgan fingerprint density at radius 1 is 1.26 bits per heavy atom. The average Bonchev–Trinajstić information content (AvgIpc) is 3.17. The molecule has 0 aromatic carbocycles. The number of rotatable bonds is 9. The molecular weight excluding hydrogens is 408 g/mol. The van der Waals surface area contributed by atoms with Crippen LogP contribution in [0.1, 0.15) is 73.3 Å². The van der Waals surface area contributed by atoms with Gasteiger partial charge in [0.1, 0.15) is 21.6 Å². The molecule has 1 saturated heterocycles. The van der Waals surface area contributed by atoms with Crippen molar-refractivity contribution in [1.82, 2.24) is 20.3 Å². The van der Waals surface area contributed by atoms with Crippen LogP contribution in [0.5, 0.6) is 0 Å². The van der Waals surface area contributed by atoms with Gasteiger partial charge in [0.25, 0.3) is 0 Å². The van der Waals surface area contributed by atoms with Gasteiger partial charge in [-0.3, -0.25) is 4.79 Å². The molecule has 2 aliphatic carbocycles. The first-order chi connectivity index (χ1) is 15.0. The van der Waals surface area contributed by atoms with Gasteiger partial charge in [-0.05, 0) is 56.9 Å². The van der Waals surface area contributed by atoms with Crippen LogP contribution in [0.4, 0.5) is 0 Å². The van der Waals surface area contributed by atoms with E-state index in [2.05, 4.69) is 33.2 Å². The second-order valence-corrected chi connectivity index (χ2v) is 11.4. The molecule has 2 aromatic rings. The summed E-state index contributed by atoms with van der Waals surface area (Å²) in [4.78, 5) is 15.1. The number of piperidine rings is 1. The van der Waals surface area contributed by atoms with E-state index in [0.29, 0.717) is 23.5 Å². The molecule has 0 spiro atoms. The summed E-state index contributed by atoms with van der Waals surface area (Å²) in [7, 11) is 0. The Morgan fingerprint density at radius 2 is 2.06 bits per heavy atom. The van der Waals surface area contributed by atoms with E-state index in [0.717, 1.165) is 47.0 Å². The predicted molar refractivity (Wildman–Crippen MR) is 120 cm³/mol. The van der Waals surface area contributed by atoms with Crippen molar-refractivity contribution in [3.8, 4) is 0 Å². The van der Waals surface area contributed by atoms with Crippen LogP contribution in [-0.4, -0.2) is 45.7 Å². The fourth-order valence-electron chi connectivity index (χ4n) is 5.93. The summed E-state index contributed by atoms with van der Waals surface area (Å²) < 4.78 is 5.48. The SMILES string of the molecule is CCc1cc([C@]23C[C@H]2CN(CCC2CCC(CC(=O)Cc4nnc(C)s4)CC2)C3)no1. The smallest absolute Gasteiger partial charge is 0.140 e. The van der Waals surface area contributed by atoms with Crippen molar-refractivity contribution in [3.05, 3.63) is 27.5 Å². The molecule has 1 aliphatic heterocycles. The van der Waals surface area contributed by atoms with E-state index in [-0.39, 0.29) is 0 Å². The third kappa shape index (κ3) is 4.63. The maximum Gasteiger partial charge on any atom is 0.140 e. The number of carbonyl (C=O) groups is 1. The number of nitrogens with zero attached hydrogens (tertiary/aromatic N) is 4. The van der Waals surface area contributed by atoms with E-state index in [4.69, 9.17) is 4.52 Å². The van der Waals surface area contributed by atoms with Gasteiger partial charge < -0.3 is 9.42 Å². The summed E-state index contributed by atoms with van der Waals surface area (Å²) >= 11 is 1.54. The molecule has 0 N–H and O–H groups in total. The third-order valence-electron chi connectivity index (χ3n) is 7.89. The highest BCUT2D eigenvalue weighted by Crippen LogP contribution is 2.58. The van der Waals surface area contributed by atoms with E-state index in [1.165, 1.54) is 57.3 Å². The molecule has 2 aromatic heterocycles. The topological polar surface area (TPSA) is 72.1 Å². The Hall–Kier alpha value is -1.60. The molecule has 168 valence electrons. The Kier molecular flexibility index (Phi) is 5.99. The minimum atomic E-state index is 0.292. The highest BCUT2D eigenvalue weighted by atomic mass is 32.1. The predicted octanol–water partition coefficient (Wildman–Crippen LogP) is 4.37. The fraction of sp³-hybridized carbons (Fsp3) is 0.750. The molecule has 6 nitrogen and oxygen atoms in total. The molecule has 0 bridgehead atoms. The number of likely N-dealkylation sites (tertiary alicyclic amines) is 1. The molecule has 31 heavy (non-hydrogen) atoms. The fourth-order valence-corrected chi connectivity index (χ4v) is 6.67. The normalized spacial score (nSPS) is 30.5. The van der Waals surface area contributed by atoms with Gasteiger partial charge in [0.15, 0.2) is 0 Å². The van der Waals surface area contributed by atoms with Crippen LogP contribution < -0.4 is 0 Å². The molecule has 7 heteroatoms. The van der Waals surface area contributed by atoms with Gasteiger partial charge in [0.2, 0.25) is 0 Å². The minimum absolute atomic E-state index is 0.292. The second kappa shape index (κ2) is 8.74. The maximum absolute atomic E-state index is 12.4. The lowest BCUT2D eigenvalue weighted by atomic mass is 9.78. The molecule has 3 aliphatic rings. The van der Waals surface area contributed by atoms with Gasteiger partial charge in [0.05, 0.1) is 12.1 Å². The van der Waals surface area contributed by atoms with Gasteiger partial charge in [-0.15, -0.1) is 21.5 Å². The first-order valence-corrected chi connectivity index (χ1v) is 12.8. The molecular formula is C24H34N4O2S. The summed E-state index contributed by atoms with van der Waals surface area (Å²) in [6.45, 7) is 7.65. The van der Waals surface area contributed by atoms with Crippen molar-refractivity contribution in [2.75, 3.05) is 19.6 Å². The summed E-state index contributed by atoms with van der Waals surface area (Å²) in [6.07, 6.45) is 9.67. The monoisotopic (exact) mass is 442 g/mol. The van der Waals surface area contributed by atoms with Crippen molar-refractivity contribution in [1.29, 1.82) is 0 Å². The summed E-state index contributed by atoms with van der Waals surface area (Å²) in [6, 6.07) is 2.19. The number of ketones is 1. The number of aromatic nitrogens is 3. The van der Waals surface area contributed by atoms with E-state index >= 15 is 0 Å². The molecule has 5 rings (SSSR count). The lowest BCUT2D eigenvalue weighted by Crippen LogP contribution is -2.29. The van der Waals surface area contributed by atoms with Gasteiger partial charge >= 0.3 is 0 Å². The zero-order chi connectivity index (χ0) is 21.4. The standard InChI is InChI=1S/C24H34N4O2S/c1-3-21-12-22(27-30-21)24-13-19(24)14-28(15-24)9-8-17-4-6-18(7-5-17)10-20(29)11-23-26-25-16(2)31-23/h12,17-19H,3-11,13-15H2,1-2H3/t17?,18?,19-,24-/m0/s1.